The Morgan fingerprint density at radius 3 is 2.35 bits per heavy atom. The number of halogens is 3. The summed E-state index contributed by atoms with van der Waals surface area (Å²) in [5, 5.41) is 2.48. The van der Waals surface area contributed by atoms with Crippen molar-refractivity contribution in [1.82, 2.24) is 5.32 Å². The number of hydrogen-bond acceptors (Lipinski definition) is 3. The van der Waals surface area contributed by atoms with Gasteiger partial charge in [-0.25, -0.2) is 0 Å². The zero-order valence-corrected chi connectivity index (χ0v) is 11.2. The largest absolute Gasteiger partial charge is 0.497 e. The van der Waals surface area contributed by atoms with Gasteiger partial charge in [0.05, 0.1) is 19.6 Å². The predicted molar refractivity (Wildman–Crippen MR) is 68.2 cm³/mol. The normalized spacial score (nSPS) is 14.5. The lowest BCUT2D eigenvalue weighted by atomic mass is 10.1. The van der Waals surface area contributed by atoms with Crippen molar-refractivity contribution < 1.29 is 22.7 Å². The Hall–Kier alpha value is -1.76. The summed E-state index contributed by atoms with van der Waals surface area (Å²) in [7, 11) is 1.53. The van der Waals surface area contributed by atoms with Crippen LogP contribution < -0.4 is 15.8 Å². The van der Waals surface area contributed by atoms with Crippen LogP contribution >= 0.6 is 0 Å². The standard InChI is InChI=1S/C13H17F3N2O2/c1-8(9-3-5-10(20-2)6-4-9)18-12(19)7-11(17)13(14,15)16/h3-6,8,11H,7,17H2,1-2H3,(H,18,19)/t8-,11+/m0/s1. The van der Waals surface area contributed by atoms with Crippen molar-refractivity contribution in [1.29, 1.82) is 0 Å². The van der Waals surface area contributed by atoms with Crippen molar-refractivity contribution in [3.05, 3.63) is 29.8 Å². The zero-order chi connectivity index (χ0) is 15.3. The Kier molecular flexibility index (Phi) is 5.38. The van der Waals surface area contributed by atoms with E-state index in [1.165, 1.54) is 7.11 Å². The molecule has 0 fully saturated rings. The minimum Gasteiger partial charge on any atom is -0.497 e. The van der Waals surface area contributed by atoms with Crippen molar-refractivity contribution in [2.75, 3.05) is 7.11 Å². The first-order chi connectivity index (χ1) is 9.24. The summed E-state index contributed by atoms with van der Waals surface area (Å²) in [6, 6.07) is 4.32. The lowest BCUT2D eigenvalue weighted by molar-refractivity contribution is -0.154. The van der Waals surface area contributed by atoms with E-state index in [2.05, 4.69) is 5.32 Å². The number of rotatable bonds is 5. The van der Waals surface area contributed by atoms with Gasteiger partial charge in [-0.1, -0.05) is 12.1 Å². The van der Waals surface area contributed by atoms with Gasteiger partial charge in [-0.3, -0.25) is 4.79 Å². The zero-order valence-electron chi connectivity index (χ0n) is 11.2. The summed E-state index contributed by atoms with van der Waals surface area (Å²) in [5.41, 5.74) is 5.67. The van der Waals surface area contributed by atoms with Crippen LogP contribution in [0.25, 0.3) is 0 Å². The molecule has 0 radical (unpaired) electrons. The van der Waals surface area contributed by atoms with Gasteiger partial charge in [0, 0.05) is 0 Å². The number of nitrogens with two attached hydrogens (primary N) is 1. The van der Waals surface area contributed by atoms with Gasteiger partial charge < -0.3 is 15.8 Å². The van der Waals surface area contributed by atoms with E-state index < -0.39 is 30.6 Å². The monoisotopic (exact) mass is 290 g/mol. The molecule has 0 spiro atoms. The van der Waals surface area contributed by atoms with E-state index in [0.717, 1.165) is 5.56 Å². The van der Waals surface area contributed by atoms with Crippen molar-refractivity contribution in [2.24, 2.45) is 5.73 Å². The van der Waals surface area contributed by atoms with Crippen LogP contribution in [0.15, 0.2) is 24.3 Å². The highest BCUT2D eigenvalue weighted by atomic mass is 19.4. The molecule has 1 aromatic carbocycles. The number of hydrogen-bond donors (Lipinski definition) is 2. The molecule has 2 atom stereocenters. The lowest BCUT2D eigenvalue weighted by Gasteiger charge is -2.18. The van der Waals surface area contributed by atoms with Crippen LogP contribution in [0.4, 0.5) is 13.2 Å². The molecular weight excluding hydrogens is 273 g/mol. The number of alkyl halides is 3. The fraction of sp³-hybridized carbons (Fsp3) is 0.462. The highest BCUT2D eigenvalue weighted by molar-refractivity contribution is 5.77. The highest BCUT2D eigenvalue weighted by Gasteiger charge is 2.38. The molecule has 0 bridgehead atoms. The third-order valence-corrected chi connectivity index (χ3v) is 2.82. The molecule has 0 saturated carbocycles. The van der Waals surface area contributed by atoms with Gasteiger partial charge in [0.15, 0.2) is 0 Å². The Morgan fingerprint density at radius 1 is 1.35 bits per heavy atom. The Labute approximate surface area is 115 Å². The summed E-state index contributed by atoms with van der Waals surface area (Å²) in [5.74, 6) is -0.0792. The van der Waals surface area contributed by atoms with Crippen LogP contribution in [-0.2, 0) is 4.79 Å². The first-order valence-electron chi connectivity index (χ1n) is 5.99. The van der Waals surface area contributed by atoms with E-state index in [4.69, 9.17) is 10.5 Å². The molecule has 0 aliphatic rings. The molecule has 1 rings (SSSR count). The molecule has 3 N–H and O–H groups in total. The average molecular weight is 290 g/mol. The number of benzene rings is 1. The second-order valence-electron chi connectivity index (χ2n) is 4.41. The number of amides is 1. The van der Waals surface area contributed by atoms with Gasteiger partial charge in [0.25, 0.3) is 0 Å². The molecule has 1 amide bonds. The molecule has 0 heterocycles. The van der Waals surface area contributed by atoms with Crippen LogP contribution in [0, 0.1) is 0 Å². The van der Waals surface area contributed by atoms with E-state index >= 15 is 0 Å². The maximum absolute atomic E-state index is 12.2. The van der Waals surface area contributed by atoms with Crippen molar-refractivity contribution in [3.8, 4) is 5.75 Å². The van der Waals surface area contributed by atoms with E-state index in [1.54, 1.807) is 31.2 Å². The fourth-order valence-electron chi connectivity index (χ4n) is 1.59. The summed E-state index contributed by atoms with van der Waals surface area (Å²) >= 11 is 0. The molecule has 112 valence electrons. The van der Waals surface area contributed by atoms with Crippen LogP contribution in [0.3, 0.4) is 0 Å². The Bertz CT molecular complexity index is 446. The fourth-order valence-corrected chi connectivity index (χ4v) is 1.59. The molecule has 0 aliphatic carbocycles. The number of nitrogens with one attached hydrogen (secondary N) is 1. The quantitative estimate of drug-likeness (QED) is 0.873. The maximum Gasteiger partial charge on any atom is 0.404 e. The van der Waals surface area contributed by atoms with Gasteiger partial charge in [-0.2, -0.15) is 13.2 Å². The molecule has 0 saturated heterocycles. The average Bonchev–Trinajstić information content (AvgIpc) is 2.37. The summed E-state index contributed by atoms with van der Waals surface area (Å²) in [6.07, 6.45) is -5.36. The Balaban J connectivity index is 2.56. The molecule has 20 heavy (non-hydrogen) atoms. The third-order valence-electron chi connectivity index (χ3n) is 2.82. The molecule has 0 unspecified atom stereocenters. The second-order valence-corrected chi connectivity index (χ2v) is 4.41. The lowest BCUT2D eigenvalue weighted by Crippen LogP contribution is -2.42. The van der Waals surface area contributed by atoms with Gasteiger partial charge in [0.2, 0.25) is 5.91 Å². The van der Waals surface area contributed by atoms with Gasteiger partial charge in [-0.15, -0.1) is 0 Å². The second kappa shape index (κ2) is 6.60. The first kappa shape index (κ1) is 16.3. The molecular formula is C13H17F3N2O2. The van der Waals surface area contributed by atoms with Crippen LogP contribution in [0.5, 0.6) is 5.75 Å². The number of carbonyl (C=O) groups is 1. The number of ether oxygens (including phenoxy) is 1. The molecule has 0 aliphatic heterocycles. The summed E-state index contributed by atoms with van der Waals surface area (Å²) in [4.78, 5) is 11.5. The topological polar surface area (TPSA) is 64.3 Å². The highest BCUT2D eigenvalue weighted by Crippen LogP contribution is 2.21. The number of methoxy groups -OCH3 is 1. The minimum atomic E-state index is -4.57. The van der Waals surface area contributed by atoms with Gasteiger partial charge >= 0.3 is 6.18 Å². The van der Waals surface area contributed by atoms with E-state index in [1.807, 2.05) is 0 Å². The van der Waals surface area contributed by atoms with Crippen molar-refractivity contribution >= 4 is 5.91 Å². The predicted octanol–water partition coefficient (Wildman–Crippen LogP) is 2.15. The van der Waals surface area contributed by atoms with E-state index in [-0.39, 0.29) is 0 Å². The molecule has 1 aromatic rings. The minimum absolute atomic E-state index is 0.408. The third kappa shape index (κ3) is 4.73. The van der Waals surface area contributed by atoms with E-state index in [9.17, 15) is 18.0 Å². The van der Waals surface area contributed by atoms with Crippen LogP contribution in [-0.4, -0.2) is 25.2 Å². The van der Waals surface area contributed by atoms with E-state index in [0.29, 0.717) is 5.75 Å². The van der Waals surface area contributed by atoms with Crippen LogP contribution in [0.1, 0.15) is 24.9 Å². The number of carbonyl (C=O) groups excluding carboxylic acids is 1. The Morgan fingerprint density at radius 2 is 1.90 bits per heavy atom. The summed E-state index contributed by atoms with van der Waals surface area (Å²) in [6.45, 7) is 1.68. The maximum atomic E-state index is 12.2. The molecule has 0 aromatic heterocycles. The first-order valence-corrected chi connectivity index (χ1v) is 5.99. The summed E-state index contributed by atoms with van der Waals surface area (Å²) < 4.78 is 41.7. The molecule has 7 heteroatoms. The van der Waals surface area contributed by atoms with Gasteiger partial charge in [0.1, 0.15) is 11.8 Å². The van der Waals surface area contributed by atoms with Crippen molar-refractivity contribution in [2.45, 2.75) is 31.6 Å². The van der Waals surface area contributed by atoms with Gasteiger partial charge in [-0.05, 0) is 24.6 Å². The smallest absolute Gasteiger partial charge is 0.404 e. The van der Waals surface area contributed by atoms with Crippen LogP contribution in [0.2, 0.25) is 0 Å². The van der Waals surface area contributed by atoms with Crippen molar-refractivity contribution in [3.63, 3.8) is 0 Å². The molecule has 4 nitrogen and oxygen atoms in total. The SMILES string of the molecule is COc1ccc([C@H](C)NC(=O)C[C@@H](N)C(F)(F)F)cc1.